The number of aromatic hydroxyl groups is 1. The molecule has 0 unspecified atom stereocenters. The fourth-order valence-electron chi connectivity index (χ4n) is 2.71. The summed E-state index contributed by atoms with van der Waals surface area (Å²) in [4.78, 5) is 14.9. The molecule has 3 nitrogen and oxygen atoms in total. The summed E-state index contributed by atoms with van der Waals surface area (Å²) in [5, 5.41) is 9.86. The van der Waals surface area contributed by atoms with Crippen molar-refractivity contribution in [2.75, 3.05) is 18.0 Å². The Labute approximate surface area is 118 Å². The molecule has 2 aromatic carbocycles. The van der Waals surface area contributed by atoms with E-state index in [0.717, 1.165) is 18.8 Å². The van der Waals surface area contributed by atoms with E-state index in [1.54, 1.807) is 24.3 Å². The molecule has 1 saturated heterocycles. The largest absolute Gasteiger partial charge is 0.507 e. The minimum Gasteiger partial charge on any atom is -0.507 e. The maximum atomic E-state index is 12.7. The number of ketones is 1. The number of hydrogen-bond donors (Lipinski definition) is 1. The molecule has 0 amide bonds. The first-order chi connectivity index (χ1) is 9.77. The Bertz CT molecular complexity index is 630. The van der Waals surface area contributed by atoms with Gasteiger partial charge >= 0.3 is 0 Å². The van der Waals surface area contributed by atoms with Crippen LogP contribution in [0, 0.1) is 0 Å². The molecule has 0 atom stereocenters. The molecule has 1 aliphatic heterocycles. The first-order valence-corrected chi connectivity index (χ1v) is 6.94. The first-order valence-electron chi connectivity index (χ1n) is 6.94. The second-order valence-corrected chi connectivity index (χ2v) is 5.06. The van der Waals surface area contributed by atoms with Gasteiger partial charge in [-0.1, -0.05) is 24.3 Å². The lowest BCUT2D eigenvalue weighted by Gasteiger charge is -2.20. The zero-order valence-electron chi connectivity index (χ0n) is 11.2. The van der Waals surface area contributed by atoms with Crippen molar-refractivity contribution in [1.82, 2.24) is 0 Å². The van der Waals surface area contributed by atoms with E-state index in [9.17, 15) is 9.90 Å². The van der Waals surface area contributed by atoms with Gasteiger partial charge in [0.2, 0.25) is 0 Å². The molecule has 1 fully saturated rings. The fourth-order valence-corrected chi connectivity index (χ4v) is 2.71. The Morgan fingerprint density at radius 2 is 1.50 bits per heavy atom. The summed E-state index contributed by atoms with van der Waals surface area (Å²) in [7, 11) is 0. The molecule has 0 saturated carbocycles. The second kappa shape index (κ2) is 5.37. The van der Waals surface area contributed by atoms with Crippen LogP contribution in [0.2, 0.25) is 0 Å². The van der Waals surface area contributed by atoms with E-state index in [4.69, 9.17) is 0 Å². The van der Waals surface area contributed by atoms with Crippen molar-refractivity contribution in [3.63, 3.8) is 0 Å². The lowest BCUT2D eigenvalue weighted by molar-refractivity contribution is 0.103. The quantitative estimate of drug-likeness (QED) is 0.868. The molecule has 1 heterocycles. The Balaban J connectivity index is 2.02. The minimum absolute atomic E-state index is 0.0359. The van der Waals surface area contributed by atoms with Crippen molar-refractivity contribution in [2.24, 2.45) is 0 Å². The molecule has 3 heteroatoms. The van der Waals surface area contributed by atoms with E-state index in [1.165, 1.54) is 12.8 Å². The summed E-state index contributed by atoms with van der Waals surface area (Å²) in [5.41, 5.74) is 1.99. The summed E-state index contributed by atoms with van der Waals surface area (Å²) in [6.45, 7) is 1.98. The lowest BCUT2D eigenvalue weighted by atomic mass is 10.0. The highest BCUT2D eigenvalue weighted by Crippen LogP contribution is 2.28. The van der Waals surface area contributed by atoms with Crippen LogP contribution in [0.5, 0.6) is 5.75 Å². The van der Waals surface area contributed by atoms with E-state index in [-0.39, 0.29) is 11.5 Å². The first kappa shape index (κ1) is 12.7. The van der Waals surface area contributed by atoms with Gasteiger partial charge in [0.1, 0.15) is 5.75 Å². The number of anilines is 1. The van der Waals surface area contributed by atoms with Crippen molar-refractivity contribution < 1.29 is 9.90 Å². The van der Waals surface area contributed by atoms with Gasteiger partial charge in [0.15, 0.2) is 5.78 Å². The van der Waals surface area contributed by atoms with E-state index < -0.39 is 0 Å². The second-order valence-electron chi connectivity index (χ2n) is 5.06. The normalized spacial score (nSPS) is 14.5. The molecular formula is C17H17NO2. The van der Waals surface area contributed by atoms with E-state index >= 15 is 0 Å². The van der Waals surface area contributed by atoms with Gasteiger partial charge in [0.05, 0.1) is 5.56 Å². The summed E-state index contributed by atoms with van der Waals surface area (Å²) in [6, 6.07) is 14.3. The molecule has 0 spiro atoms. The van der Waals surface area contributed by atoms with Gasteiger partial charge in [-0.15, -0.1) is 0 Å². The minimum atomic E-state index is -0.120. The molecule has 1 aliphatic rings. The SMILES string of the molecule is O=C(c1ccccc1O)c1ccccc1N1CCCC1. The van der Waals surface area contributed by atoms with Gasteiger partial charge in [0.25, 0.3) is 0 Å². The molecule has 0 aromatic heterocycles. The highest BCUT2D eigenvalue weighted by molar-refractivity contribution is 6.13. The molecule has 20 heavy (non-hydrogen) atoms. The average molecular weight is 267 g/mol. The van der Waals surface area contributed by atoms with Crippen LogP contribution >= 0.6 is 0 Å². The van der Waals surface area contributed by atoms with Gasteiger partial charge in [-0.3, -0.25) is 4.79 Å². The zero-order valence-corrected chi connectivity index (χ0v) is 11.2. The third-order valence-corrected chi connectivity index (χ3v) is 3.74. The van der Waals surface area contributed by atoms with Gasteiger partial charge in [-0.25, -0.2) is 0 Å². The van der Waals surface area contributed by atoms with Crippen molar-refractivity contribution in [3.8, 4) is 5.75 Å². The number of phenols is 1. The van der Waals surface area contributed by atoms with E-state index in [1.807, 2.05) is 24.3 Å². The van der Waals surface area contributed by atoms with Crippen molar-refractivity contribution >= 4 is 11.5 Å². The summed E-state index contributed by atoms with van der Waals surface area (Å²) >= 11 is 0. The predicted octanol–water partition coefficient (Wildman–Crippen LogP) is 3.22. The maximum absolute atomic E-state index is 12.7. The Morgan fingerprint density at radius 3 is 2.20 bits per heavy atom. The predicted molar refractivity (Wildman–Crippen MR) is 79.4 cm³/mol. The number of nitrogens with zero attached hydrogens (tertiary/aromatic N) is 1. The van der Waals surface area contributed by atoms with Gasteiger partial charge in [-0.05, 0) is 37.1 Å². The lowest BCUT2D eigenvalue weighted by Crippen LogP contribution is -2.20. The van der Waals surface area contributed by atoms with Crippen LogP contribution in [0.15, 0.2) is 48.5 Å². The van der Waals surface area contributed by atoms with E-state index in [0.29, 0.717) is 11.1 Å². The van der Waals surface area contributed by atoms with Crippen LogP contribution in [0.4, 0.5) is 5.69 Å². The number of hydrogen-bond acceptors (Lipinski definition) is 3. The Kier molecular flexibility index (Phi) is 3.42. The number of rotatable bonds is 3. The maximum Gasteiger partial charge on any atom is 0.198 e. The van der Waals surface area contributed by atoms with Crippen molar-refractivity contribution in [1.29, 1.82) is 0 Å². The third-order valence-electron chi connectivity index (χ3n) is 3.74. The van der Waals surface area contributed by atoms with Crippen LogP contribution in [0.3, 0.4) is 0 Å². The van der Waals surface area contributed by atoms with Gasteiger partial charge in [0, 0.05) is 24.3 Å². The van der Waals surface area contributed by atoms with Crippen LogP contribution in [-0.2, 0) is 0 Å². The molecule has 0 radical (unpaired) electrons. The summed E-state index contributed by atoms with van der Waals surface area (Å²) in [5.74, 6) is -0.0840. The highest BCUT2D eigenvalue weighted by atomic mass is 16.3. The van der Waals surface area contributed by atoms with Crippen LogP contribution in [0.1, 0.15) is 28.8 Å². The Hall–Kier alpha value is -2.29. The fraction of sp³-hybridized carbons (Fsp3) is 0.235. The molecule has 0 bridgehead atoms. The smallest absolute Gasteiger partial charge is 0.198 e. The standard InChI is InChI=1S/C17H17NO2/c19-16-10-4-2-8-14(16)17(20)13-7-1-3-9-15(13)18-11-5-6-12-18/h1-4,7-10,19H,5-6,11-12H2. The molecule has 102 valence electrons. The average Bonchev–Trinajstić information content (AvgIpc) is 3.01. The molecule has 1 N–H and O–H groups in total. The van der Waals surface area contributed by atoms with Crippen molar-refractivity contribution in [3.05, 3.63) is 59.7 Å². The van der Waals surface area contributed by atoms with Crippen LogP contribution in [-0.4, -0.2) is 24.0 Å². The number of carbonyl (C=O) groups is 1. The Morgan fingerprint density at radius 1 is 0.900 bits per heavy atom. The zero-order chi connectivity index (χ0) is 13.9. The van der Waals surface area contributed by atoms with E-state index in [2.05, 4.69) is 4.90 Å². The number of phenolic OH excluding ortho intramolecular Hbond substituents is 1. The van der Waals surface area contributed by atoms with Gasteiger partial charge in [-0.2, -0.15) is 0 Å². The summed E-state index contributed by atoms with van der Waals surface area (Å²) < 4.78 is 0. The molecule has 3 rings (SSSR count). The van der Waals surface area contributed by atoms with Gasteiger partial charge < -0.3 is 10.0 Å². The molecular weight excluding hydrogens is 250 g/mol. The summed E-state index contributed by atoms with van der Waals surface area (Å²) in [6.07, 6.45) is 2.33. The third kappa shape index (κ3) is 2.27. The topological polar surface area (TPSA) is 40.5 Å². The monoisotopic (exact) mass is 267 g/mol. The van der Waals surface area contributed by atoms with Crippen molar-refractivity contribution in [2.45, 2.75) is 12.8 Å². The molecule has 2 aromatic rings. The highest BCUT2D eigenvalue weighted by Gasteiger charge is 2.21. The van der Waals surface area contributed by atoms with Crippen LogP contribution in [0.25, 0.3) is 0 Å². The number of carbonyl (C=O) groups excluding carboxylic acids is 1. The number of para-hydroxylation sites is 2. The number of benzene rings is 2. The van der Waals surface area contributed by atoms with Crippen LogP contribution < -0.4 is 4.90 Å². The molecule has 0 aliphatic carbocycles.